The number of carboxylic acid groups (broad SMARTS) is 1. The minimum atomic E-state index is -0.925. The molecule has 0 saturated carbocycles. The molecule has 9 nitrogen and oxygen atoms in total. The first kappa shape index (κ1) is 31.2. The molecule has 9 heteroatoms. The fourth-order valence-corrected chi connectivity index (χ4v) is 6.11. The molecule has 1 aliphatic heterocycles. The average molecular weight is 601 g/mol. The van der Waals surface area contributed by atoms with Gasteiger partial charge in [0.1, 0.15) is 11.5 Å². The second-order valence-electron chi connectivity index (χ2n) is 11.4. The highest BCUT2D eigenvalue weighted by molar-refractivity contribution is 5.99. The van der Waals surface area contributed by atoms with Crippen LogP contribution >= 0.6 is 0 Å². The zero-order chi connectivity index (χ0) is 31.1. The van der Waals surface area contributed by atoms with Crippen LogP contribution in [0.2, 0.25) is 0 Å². The lowest BCUT2D eigenvalue weighted by Crippen LogP contribution is -2.41. The first-order valence-electron chi connectivity index (χ1n) is 15.1. The fraction of sp³-hybridized carbons (Fsp3) is 0.400. The van der Waals surface area contributed by atoms with Crippen molar-refractivity contribution >= 4 is 17.7 Å². The summed E-state index contributed by atoms with van der Waals surface area (Å²) < 4.78 is 16.3. The van der Waals surface area contributed by atoms with E-state index >= 15 is 0 Å². The lowest BCUT2D eigenvalue weighted by Gasteiger charge is -2.32. The zero-order valence-corrected chi connectivity index (χ0v) is 25.4. The minimum absolute atomic E-state index is 0.0825. The summed E-state index contributed by atoms with van der Waals surface area (Å²) in [4.78, 5) is 42.4. The molecule has 1 N–H and O–H groups in total. The van der Waals surface area contributed by atoms with Gasteiger partial charge in [0, 0.05) is 61.4 Å². The molecule has 44 heavy (non-hydrogen) atoms. The second-order valence-corrected chi connectivity index (χ2v) is 11.4. The Morgan fingerprint density at radius 3 is 2.20 bits per heavy atom. The number of nitrogens with zero attached hydrogens (tertiary/aromatic N) is 2. The Morgan fingerprint density at radius 2 is 1.59 bits per heavy atom. The molecule has 0 spiro atoms. The maximum atomic E-state index is 13.1. The van der Waals surface area contributed by atoms with Crippen LogP contribution in [0, 0.1) is 5.92 Å². The molecule has 1 heterocycles. The number of aliphatic carboxylic acids is 1. The first-order chi connectivity index (χ1) is 21.4. The van der Waals surface area contributed by atoms with Gasteiger partial charge in [-0.3, -0.25) is 19.3 Å². The zero-order valence-electron chi connectivity index (χ0n) is 25.4. The molecule has 5 rings (SSSR count). The smallest absolute Gasteiger partial charge is 0.307 e. The highest BCUT2D eigenvalue weighted by atomic mass is 16.5. The maximum absolute atomic E-state index is 13.1. The van der Waals surface area contributed by atoms with Gasteiger partial charge in [-0.15, -0.1) is 0 Å². The highest BCUT2D eigenvalue weighted by Gasteiger charge is 2.31. The number of amides is 1. The summed E-state index contributed by atoms with van der Waals surface area (Å²) in [6, 6.07) is 20.8. The number of carbonyl (C=O) groups excluding carboxylic acids is 2. The molecular weight excluding hydrogens is 560 g/mol. The number of morpholine rings is 1. The molecule has 1 aliphatic carbocycles. The lowest BCUT2D eigenvalue weighted by molar-refractivity contribution is -0.142. The minimum Gasteiger partial charge on any atom is -0.497 e. The monoisotopic (exact) mass is 600 g/mol. The van der Waals surface area contributed by atoms with Gasteiger partial charge in [0.25, 0.3) is 5.91 Å². The predicted molar refractivity (Wildman–Crippen MR) is 165 cm³/mol. The van der Waals surface area contributed by atoms with Crippen molar-refractivity contribution in [2.75, 3.05) is 47.1 Å². The van der Waals surface area contributed by atoms with Gasteiger partial charge in [0.2, 0.25) is 0 Å². The van der Waals surface area contributed by atoms with E-state index in [0.717, 1.165) is 18.4 Å². The van der Waals surface area contributed by atoms with Crippen LogP contribution in [0.25, 0.3) is 0 Å². The average Bonchev–Trinajstić information content (AvgIpc) is 3.50. The van der Waals surface area contributed by atoms with Gasteiger partial charge in [-0.1, -0.05) is 42.5 Å². The molecule has 1 unspecified atom stereocenters. The number of benzene rings is 3. The number of hydrogen-bond acceptors (Lipinski definition) is 7. The van der Waals surface area contributed by atoms with Crippen molar-refractivity contribution < 1.29 is 33.7 Å². The normalized spacial score (nSPS) is 15.6. The van der Waals surface area contributed by atoms with E-state index in [1.807, 2.05) is 30.3 Å². The third kappa shape index (κ3) is 7.46. The van der Waals surface area contributed by atoms with E-state index in [1.54, 1.807) is 43.4 Å². The van der Waals surface area contributed by atoms with E-state index in [4.69, 9.17) is 14.2 Å². The number of carboxylic acids is 1. The van der Waals surface area contributed by atoms with Gasteiger partial charge in [0.15, 0.2) is 5.78 Å². The van der Waals surface area contributed by atoms with Gasteiger partial charge in [-0.05, 0) is 48.6 Å². The van der Waals surface area contributed by atoms with Gasteiger partial charge in [-0.2, -0.15) is 0 Å². The van der Waals surface area contributed by atoms with E-state index in [-0.39, 0.29) is 30.6 Å². The highest BCUT2D eigenvalue weighted by Crippen LogP contribution is 2.31. The number of fused-ring (bicyclic) bond motifs is 1. The van der Waals surface area contributed by atoms with E-state index in [1.165, 1.54) is 11.1 Å². The van der Waals surface area contributed by atoms with Crippen molar-refractivity contribution in [3.8, 4) is 11.5 Å². The van der Waals surface area contributed by atoms with E-state index < -0.39 is 11.9 Å². The molecule has 232 valence electrons. The van der Waals surface area contributed by atoms with E-state index in [2.05, 4.69) is 17.0 Å². The van der Waals surface area contributed by atoms with Crippen LogP contribution < -0.4 is 9.47 Å². The summed E-state index contributed by atoms with van der Waals surface area (Å²) in [6.45, 7) is 2.93. The molecule has 1 fully saturated rings. The molecule has 0 bridgehead atoms. The van der Waals surface area contributed by atoms with Gasteiger partial charge in [0.05, 0.1) is 33.4 Å². The standard InChI is InChI=1S/C35H40N2O7/c1-42-31-13-11-28(33(21-31)43-2)22-37(30-19-26-5-3-4-6-27(26)20-30)23-29(35(40)41)12-14-32(38)24-7-9-25(10-8-24)34(39)36-15-17-44-18-16-36/h3-11,13,21,29-30H,12,14-20,22-23H2,1-2H3,(H,40,41). The molecule has 2 aliphatic rings. The molecule has 3 aromatic rings. The number of methoxy groups -OCH3 is 2. The Morgan fingerprint density at radius 1 is 0.932 bits per heavy atom. The molecule has 1 saturated heterocycles. The third-order valence-electron chi connectivity index (χ3n) is 8.69. The van der Waals surface area contributed by atoms with Gasteiger partial charge < -0.3 is 24.2 Å². The van der Waals surface area contributed by atoms with Crippen molar-refractivity contribution in [2.24, 2.45) is 5.92 Å². The Kier molecular flexibility index (Phi) is 10.3. The molecule has 3 aromatic carbocycles. The number of hydrogen-bond donors (Lipinski definition) is 1. The molecular formula is C35H40N2O7. The van der Waals surface area contributed by atoms with Crippen LogP contribution in [0.15, 0.2) is 66.7 Å². The summed E-state index contributed by atoms with van der Waals surface area (Å²) in [6.07, 6.45) is 1.96. The molecule has 1 amide bonds. The first-order valence-corrected chi connectivity index (χ1v) is 15.1. The van der Waals surface area contributed by atoms with Gasteiger partial charge in [-0.25, -0.2) is 0 Å². The second kappa shape index (κ2) is 14.5. The van der Waals surface area contributed by atoms with Crippen LogP contribution in [-0.2, 0) is 28.9 Å². The van der Waals surface area contributed by atoms with Crippen molar-refractivity contribution in [3.63, 3.8) is 0 Å². The summed E-state index contributed by atoms with van der Waals surface area (Å²) in [5.74, 6) is -0.520. The quantitative estimate of drug-likeness (QED) is 0.286. The van der Waals surface area contributed by atoms with Crippen molar-refractivity contribution in [1.82, 2.24) is 9.80 Å². The summed E-state index contributed by atoms with van der Waals surface area (Å²) in [7, 11) is 3.22. The molecule has 1 atom stereocenters. The van der Waals surface area contributed by atoms with Crippen LogP contribution in [0.1, 0.15) is 50.2 Å². The lowest BCUT2D eigenvalue weighted by atomic mass is 9.96. The SMILES string of the molecule is COc1ccc(CN(CC(CCC(=O)c2ccc(C(=O)N3CCOCC3)cc2)C(=O)O)C2Cc3ccccc3C2)c(OC)c1. The number of ether oxygens (including phenoxy) is 3. The summed E-state index contributed by atoms with van der Waals surface area (Å²) in [5, 5.41) is 10.2. The van der Waals surface area contributed by atoms with Crippen LogP contribution in [0.3, 0.4) is 0 Å². The van der Waals surface area contributed by atoms with Crippen molar-refractivity contribution in [1.29, 1.82) is 0 Å². The molecule has 0 radical (unpaired) electrons. The Balaban J connectivity index is 1.27. The Labute approximate surface area is 258 Å². The van der Waals surface area contributed by atoms with Crippen molar-refractivity contribution in [3.05, 3.63) is 94.5 Å². The maximum Gasteiger partial charge on any atom is 0.307 e. The number of ketones is 1. The Hall–Kier alpha value is -4.21. The number of Topliss-reactive ketones (excluding diaryl/α,β-unsaturated/α-hetero) is 1. The van der Waals surface area contributed by atoms with E-state index in [9.17, 15) is 19.5 Å². The fourth-order valence-electron chi connectivity index (χ4n) is 6.11. The van der Waals surface area contributed by atoms with Gasteiger partial charge >= 0.3 is 5.97 Å². The predicted octanol–water partition coefficient (Wildman–Crippen LogP) is 4.51. The molecule has 0 aromatic heterocycles. The number of carbonyl (C=O) groups is 3. The Bertz CT molecular complexity index is 1440. The van der Waals surface area contributed by atoms with Crippen LogP contribution in [0.5, 0.6) is 11.5 Å². The summed E-state index contributed by atoms with van der Waals surface area (Å²) >= 11 is 0. The van der Waals surface area contributed by atoms with Crippen molar-refractivity contribution in [2.45, 2.75) is 38.3 Å². The van der Waals surface area contributed by atoms with Crippen LogP contribution in [0.4, 0.5) is 0 Å². The number of rotatable bonds is 13. The van der Waals surface area contributed by atoms with Crippen LogP contribution in [-0.4, -0.2) is 85.7 Å². The largest absolute Gasteiger partial charge is 0.497 e. The third-order valence-corrected chi connectivity index (χ3v) is 8.69. The van der Waals surface area contributed by atoms with E-state index in [0.29, 0.717) is 62.0 Å². The summed E-state index contributed by atoms with van der Waals surface area (Å²) in [5.41, 5.74) is 4.49. The topological polar surface area (TPSA) is 106 Å².